The summed E-state index contributed by atoms with van der Waals surface area (Å²) in [6.45, 7) is 6.52. The van der Waals surface area contributed by atoms with Gasteiger partial charge >= 0.3 is 0 Å². The third kappa shape index (κ3) is 5.76. The van der Waals surface area contributed by atoms with Crippen molar-refractivity contribution in [3.05, 3.63) is 0 Å². The van der Waals surface area contributed by atoms with Crippen LogP contribution >= 0.6 is 24.8 Å². The molecule has 142 valence electrons. The van der Waals surface area contributed by atoms with E-state index in [0.717, 1.165) is 26.1 Å². The van der Waals surface area contributed by atoms with Gasteiger partial charge in [0.05, 0.1) is 0 Å². The van der Waals surface area contributed by atoms with Gasteiger partial charge in [0.25, 0.3) is 0 Å². The fraction of sp³-hybridized carbons (Fsp3) is 0.944. The molecule has 6 heteroatoms. The standard InChI is InChI=1S/C18H33N3O.2ClH/c1-3-7-20(2)12-14-6-8-21(13-14)18(22)11-15-9-16-4-5-17(10-15)19-16;;/h14-17,19H,3-13H2,1-2H3;2*1H. The van der Waals surface area contributed by atoms with Crippen LogP contribution in [0.2, 0.25) is 0 Å². The van der Waals surface area contributed by atoms with E-state index in [0.29, 0.717) is 29.8 Å². The Bertz CT molecular complexity index is 384. The molecule has 2 bridgehead atoms. The number of rotatable bonds is 6. The van der Waals surface area contributed by atoms with Gasteiger partial charge in [0, 0.05) is 38.1 Å². The lowest BCUT2D eigenvalue weighted by Gasteiger charge is -2.30. The summed E-state index contributed by atoms with van der Waals surface area (Å²) in [6.07, 6.45) is 8.29. The zero-order valence-electron chi connectivity index (χ0n) is 15.2. The SMILES string of the molecule is CCCN(C)CC1CCN(C(=O)CC2CC3CCC(C2)N3)C1.Cl.Cl. The molecule has 3 rings (SSSR count). The van der Waals surface area contributed by atoms with Gasteiger partial charge < -0.3 is 15.1 Å². The maximum absolute atomic E-state index is 12.6. The molecular formula is C18H35Cl2N3O. The van der Waals surface area contributed by atoms with Gasteiger partial charge in [0.15, 0.2) is 0 Å². The van der Waals surface area contributed by atoms with E-state index < -0.39 is 0 Å². The summed E-state index contributed by atoms with van der Waals surface area (Å²) in [5, 5.41) is 3.67. The van der Waals surface area contributed by atoms with Gasteiger partial charge in [-0.3, -0.25) is 4.79 Å². The second-order valence-electron chi connectivity index (χ2n) is 7.94. The average Bonchev–Trinajstić information content (AvgIpc) is 3.06. The smallest absolute Gasteiger partial charge is 0.222 e. The number of hydrogen-bond donors (Lipinski definition) is 1. The minimum Gasteiger partial charge on any atom is -0.342 e. The van der Waals surface area contributed by atoms with E-state index in [1.807, 2.05) is 0 Å². The molecule has 24 heavy (non-hydrogen) atoms. The highest BCUT2D eigenvalue weighted by atomic mass is 35.5. The highest BCUT2D eigenvalue weighted by Gasteiger charge is 2.35. The van der Waals surface area contributed by atoms with Gasteiger partial charge in [0.2, 0.25) is 5.91 Å². The molecule has 3 saturated heterocycles. The van der Waals surface area contributed by atoms with Crippen LogP contribution < -0.4 is 5.32 Å². The molecule has 0 radical (unpaired) electrons. The van der Waals surface area contributed by atoms with E-state index in [1.165, 1.54) is 45.1 Å². The van der Waals surface area contributed by atoms with Gasteiger partial charge in [-0.25, -0.2) is 0 Å². The first-order chi connectivity index (χ1) is 10.6. The van der Waals surface area contributed by atoms with E-state index in [9.17, 15) is 4.79 Å². The lowest BCUT2D eigenvalue weighted by molar-refractivity contribution is -0.131. The van der Waals surface area contributed by atoms with E-state index in [4.69, 9.17) is 0 Å². The predicted molar refractivity (Wildman–Crippen MR) is 104 cm³/mol. The van der Waals surface area contributed by atoms with Crippen molar-refractivity contribution in [2.75, 3.05) is 33.2 Å². The maximum Gasteiger partial charge on any atom is 0.222 e. The molecule has 0 aromatic heterocycles. The summed E-state index contributed by atoms with van der Waals surface area (Å²) in [4.78, 5) is 17.2. The number of halogens is 2. The number of carbonyl (C=O) groups is 1. The van der Waals surface area contributed by atoms with Crippen molar-refractivity contribution in [3.8, 4) is 0 Å². The zero-order valence-corrected chi connectivity index (χ0v) is 16.8. The molecule has 0 saturated carbocycles. The number of piperidine rings is 1. The van der Waals surface area contributed by atoms with Gasteiger partial charge in [0.1, 0.15) is 0 Å². The summed E-state index contributed by atoms with van der Waals surface area (Å²) in [5.74, 6) is 1.74. The van der Waals surface area contributed by atoms with Gasteiger partial charge in [-0.05, 0) is 64.0 Å². The third-order valence-corrected chi connectivity index (χ3v) is 5.85. The number of amides is 1. The van der Waals surface area contributed by atoms with Crippen LogP contribution in [0.25, 0.3) is 0 Å². The van der Waals surface area contributed by atoms with Crippen LogP contribution in [0.3, 0.4) is 0 Å². The summed E-state index contributed by atoms with van der Waals surface area (Å²) in [7, 11) is 2.21. The minimum atomic E-state index is 0. The van der Waals surface area contributed by atoms with Crippen molar-refractivity contribution in [2.45, 2.75) is 64.0 Å². The van der Waals surface area contributed by atoms with Crippen LogP contribution in [0, 0.1) is 11.8 Å². The fourth-order valence-electron chi connectivity index (χ4n) is 4.84. The largest absolute Gasteiger partial charge is 0.342 e. The van der Waals surface area contributed by atoms with Crippen LogP contribution in [-0.4, -0.2) is 61.0 Å². The number of nitrogens with zero attached hydrogens (tertiary/aromatic N) is 2. The van der Waals surface area contributed by atoms with Crippen molar-refractivity contribution in [3.63, 3.8) is 0 Å². The molecule has 0 spiro atoms. The van der Waals surface area contributed by atoms with Crippen LogP contribution in [0.4, 0.5) is 0 Å². The summed E-state index contributed by atoms with van der Waals surface area (Å²) >= 11 is 0. The van der Waals surface area contributed by atoms with Crippen molar-refractivity contribution in [1.82, 2.24) is 15.1 Å². The Morgan fingerprint density at radius 3 is 2.42 bits per heavy atom. The number of likely N-dealkylation sites (tertiary alicyclic amines) is 1. The molecule has 0 aromatic rings. The molecule has 0 aliphatic carbocycles. The topological polar surface area (TPSA) is 35.6 Å². The minimum absolute atomic E-state index is 0. The van der Waals surface area contributed by atoms with Crippen molar-refractivity contribution >= 4 is 30.7 Å². The Morgan fingerprint density at radius 2 is 1.79 bits per heavy atom. The van der Waals surface area contributed by atoms with E-state index >= 15 is 0 Å². The lowest BCUT2D eigenvalue weighted by atomic mass is 9.89. The van der Waals surface area contributed by atoms with E-state index in [-0.39, 0.29) is 24.8 Å². The monoisotopic (exact) mass is 379 g/mol. The molecule has 3 fully saturated rings. The number of fused-ring (bicyclic) bond motifs is 2. The highest BCUT2D eigenvalue weighted by molar-refractivity contribution is 5.85. The molecule has 3 atom stereocenters. The van der Waals surface area contributed by atoms with Crippen LogP contribution in [0.15, 0.2) is 0 Å². The zero-order chi connectivity index (χ0) is 15.5. The van der Waals surface area contributed by atoms with Gasteiger partial charge in [-0.1, -0.05) is 6.92 Å². The van der Waals surface area contributed by atoms with Crippen molar-refractivity contribution < 1.29 is 4.79 Å². The number of hydrogen-bond acceptors (Lipinski definition) is 3. The molecule has 0 aromatic carbocycles. The third-order valence-electron chi connectivity index (χ3n) is 5.85. The molecule has 3 aliphatic heterocycles. The Morgan fingerprint density at radius 1 is 1.12 bits per heavy atom. The first-order valence-electron chi connectivity index (χ1n) is 9.36. The van der Waals surface area contributed by atoms with E-state index in [1.54, 1.807) is 0 Å². The van der Waals surface area contributed by atoms with Crippen molar-refractivity contribution in [1.29, 1.82) is 0 Å². The second kappa shape index (κ2) is 10.2. The fourth-order valence-corrected chi connectivity index (χ4v) is 4.84. The Hall–Kier alpha value is -0.0300. The molecule has 3 heterocycles. The Balaban J connectivity index is 0.00000144. The van der Waals surface area contributed by atoms with E-state index in [2.05, 4.69) is 29.1 Å². The van der Waals surface area contributed by atoms with Crippen molar-refractivity contribution in [2.24, 2.45) is 11.8 Å². The quantitative estimate of drug-likeness (QED) is 0.770. The highest BCUT2D eigenvalue weighted by Crippen LogP contribution is 2.33. The van der Waals surface area contributed by atoms with Crippen LogP contribution in [-0.2, 0) is 4.79 Å². The van der Waals surface area contributed by atoms with Crippen LogP contribution in [0.1, 0.15) is 51.9 Å². The molecule has 1 amide bonds. The van der Waals surface area contributed by atoms with Gasteiger partial charge in [-0.15, -0.1) is 24.8 Å². The maximum atomic E-state index is 12.6. The Kier molecular flexibility index (Phi) is 9.35. The molecular weight excluding hydrogens is 345 g/mol. The summed E-state index contributed by atoms with van der Waals surface area (Å²) < 4.78 is 0. The molecule has 3 aliphatic rings. The van der Waals surface area contributed by atoms with Crippen LogP contribution in [0.5, 0.6) is 0 Å². The lowest BCUT2D eigenvalue weighted by Crippen LogP contribution is -2.40. The first kappa shape index (κ1) is 22.0. The number of carbonyl (C=O) groups excluding carboxylic acids is 1. The summed E-state index contributed by atoms with van der Waals surface area (Å²) in [5.41, 5.74) is 0. The summed E-state index contributed by atoms with van der Waals surface area (Å²) in [6, 6.07) is 1.40. The molecule has 4 nitrogen and oxygen atoms in total. The average molecular weight is 380 g/mol. The van der Waals surface area contributed by atoms with Gasteiger partial charge in [-0.2, -0.15) is 0 Å². The Labute approximate surface area is 159 Å². The normalized spacial score (nSPS) is 31.7. The molecule has 3 unspecified atom stereocenters. The number of nitrogens with one attached hydrogen (secondary N) is 1. The molecule has 1 N–H and O–H groups in total. The second-order valence-corrected chi connectivity index (χ2v) is 7.94. The predicted octanol–water partition coefficient (Wildman–Crippen LogP) is 2.94. The first-order valence-corrected chi connectivity index (χ1v) is 9.36.